The highest BCUT2D eigenvalue weighted by Crippen LogP contribution is 2.36. The van der Waals surface area contributed by atoms with Gasteiger partial charge < -0.3 is 18.9 Å². The van der Waals surface area contributed by atoms with Crippen molar-refractivity contribution in [2.45, 2.75) is 65.2 Å². The molecule has 1 aliphatic carbocycles. The maximum absolute atomic E-state index is 15.4. The number of esters is 2. The first-order valence-corrected chi connectivity index (χ1v) is 18.0. The Balaban J connectivity index is 1.20. The standard InChI is InChI=1S/C46H44F2O6/c1-6-9-10-14-41(30(4)5)53-42-25-20-35(29-39(42)48)37-23-19-34(28-38(37)47)32-17-21-36(22-18-32)51-46(50)26-16-31-15-24-43(54-45(49)8-3)44(27-31)52-40(7-2)33-12-11-13-33/h7-8,14-15,17-25,27-29H,2-4,6,9-13,16,26H2,1,5H3/b41-14-. The summed E-state index contributed by atoms with van der Waals surface area (Å²) < 4.78 is 53.3. The van der Waals surface area contributed by atoms with Crippen molar-refractivity contribution in [1.82, 2.24) is 0 Å². The summed E-state index contributed by atoms with van der Waals surface area (Å²) in [6.45, 7) is 15.1. The number of benzene rings is 4. The minimum Gasteiger partial charge on any atom is -0.454 e. The zero-order chi connectivity index (χ0) is 38.6. The third-order valence-electron chi connectivity index (χ3n) is 8.87. The third kappa shape index (κ3) is 10.3. The summed E-state index contributed by atoms with van der Waals surface area (Å²) in [7, 11) is 0. The zero-order valence-corrected chi connectivity index (χ0v) is 30.7. The summed E-state index contributed by atoms with van der Waals surface area (Å²) in [4.78, 5) is 24.7. The first-order chi connectivity index (χ1) is 26.1. The van der Waals surface area contributed by atoms with Gasteiger partial charge in [-0.25, -0.2) is 13.6 Å². The van der Waals surface area contributed by atoms with Crippen LogP contribution in [0.5, 0.6) is 23.0 Å². The SMILES string of the molecule is C=CC(=O)Oc1ccc(CCC(=O)Oc2ccc(-c3ccc(-c4ccc(O/C(=C\CCCC)C(=C)C)c(F)c4)c(F)c3)cc2)cc1OC(C=C)=C1CCC1. The topological polar surface area (TPSA) is 71.1 Å². The number of carbonyl (C=O) groups excluding carboxylic acids is 2. The van der Waals surface area contributed by atoms with E-state index in [2.05, 4.69) is 26.7 Å². The average molecular weight is 731 g/mol. The Kier molecular flexibility index (Phi) is 13.5. The van der Waals surface area contributed by atoms with Crippen molar-refractivity contribution in [2.75, 3.05) is 0 Å². The van der Waals surface area contributed by atoms with Gasteiger partial charge in [0, 0.05) is 18.1 Å². The van der Waals surface area contributed by atoms with Crippen LogP contribution in [0.4, 0.5) is 8.78 Å². The molecule has 0 N–H and O–H groups in total. The highest BCUT2D eigenvalue weighted by atomic mass is 19.1. The van der Waals surface area contributed by atoms with E-state index < -0.39 is 23.6 Å². The maximum Gasteiger partial charge on any atom is 0.335 e. The number of hydrogen-bond acceptors (Lipinski definition) is 6. The van der Waals surface area contributed by atoms with E-state index in [9.17, 15) is 9.59 Å². The van der Waals surface area contributed by atoms with E-state index in [-0.39, 0.29) is 23.5 Å². The van der Waals surface area contributed by atoms with E-state index >= 15 is 8.78 Å². The van der Waals surface area contributed by atoms with Gasteiger partial charge in [0.15, 0.2) is 23.1 Å². The molecule has 54 heavy (non-hydrogen) atoms. The molecule has 4 aromatic carbocycles. The molecule has 6 nitrogen and oxygen atoms in total. The van der Waals surface area contributed by atoms with Gasteiger partial charge in [-0.05, 0) is 133 Å². The molecule has 0 unspecified atom stereocenters. The smallest absolute Gasteiger partial charge is 0.335 e. The van der Waals surface area contributed by atoms with Crippen LogP contribution in [0.15, 0.2) is 139 Å². The van der Waals surface area contributed by atoms with Crippen molar-refractivity contribution < 1.29 is 37.3 Å². The first kappa shape index (κ1) is 39.2. The molecule has 0 spiro atoms. The van der Waals surface area contributed by atoms with Crippen molar-refractivity contribution in [3.8, 4) is 45.3 Å². The van der Waals surface area contributed by atoms with Crippen molar-refractivity contribution >= 4 is 11.9 Å². The monoisotopic (exact) mass is 730 g/mol. The predicted molar refractivity (Wildman–Crippen MR) is 208 cm³/mol. The molecule has 1 saturated carbocycles. The van der Waals surface area contributed by atoms with E-state index in [1.54, 1.807) is 73.7 Å². The number of carbonyl (C=O) groups is 2. The lowest BCUT2D eigenvalue weighted by atomic mass is 9.91. The van der Waals surface area contributed by atoms with Crippen LogP contribution in [0, 0.1) is 11.6 Å². The molecule has 8 heteroatoms. The number of hydrogen-bond donors (Lipinski definition) is 0. The van der Waals surface area contributed by atoms with Crippen LogP contribution in [0.1, 0.15) is 64.4 Å². The van der Waals surface area contributed by atoms with Gasteiger partial charge in [0.25, 0.3) is 0 Å². The van der Waals surface area contributed by atoms with Crippen molar-refractivity contribution in [3.05, 3.63) is 157 Å². The van der Waals surface area contributed by atoms with Gasteiger partial charge in [-0.3, -0.25) is 4.79 Å². The third-order valence-corrected chi connectivity index (χ3v) is 8.87. The van der Waals surface area contributed by atoms with Crippen LogP contribution in [0.3, 0.4) is 0 Å². The highest BCUT2D eigenvalue weighted by molar-refractivity contribution is 5.84. The Labute approximate surface area is 315 Å². The summed E-state index contributed by atoms with van der Waals surface area (Å²) in [5.41, 5.74) is 4.54. The van der Waals surface area contributed by atoms with Crippen LogP contribution in [0.25, 0.3) is 22.3 Å². The molecule has 0 saturated heterocycles. The summed E-state index contributed by atoms with van der Waals surface area (Å²) in [6, 6.07) is 21.0. The number of rotatable bonds is 17. The number of unbranched alkanes of at least 4 members (excludes halogenated alkanes) is 2. The molecule has 0 heterocycles. The molecule has 0 amide bonds. The van der Waals surface area contributed by atoms with E-state index in [4.69, 9.17) is 18.9 Å². The highest BCUT2D eigenvalue weighted by Gasteiger charge is 2.18. The fraction of sp³-hybridized carbons (Fsp3) is 0.217. The Morgan fingerprint density at radius 1 is 0.759 bits per heavy atom. The fourth-order valence-corrected chi connectivity index (χ4v) is 5.68. The average Bonchev–Trinajstić information content (AvgIpc) is 3.14. The fourth-order valence-electron chi connectivity index (χ4n) is 5.68. The van der Waals surface area contributed by atoms with Crippen LogP contribution in [-0.4, -0.2) is 11.9 Å². The second-order valence-corrected chi connectivity index (χ2v) is 13.0. The molecular weight excluding hydrogens is 686 g/mol. The minimum atomic E-state index is -0.617. The van der Waals surface area contributed by atoms with Gasteiger partial charge in [-0.1, -0.05) is 69.5 Å². The van der Waals surface area contributed by atoms with Gasteiger partial charge in [0.2, 0.25) is 0 Å². The van der Waals surface area contributed by atoms with Gasteiger partial charge in [0.05, 0.1) is 0 Å². The molecule has 0 aromatic heterocycles. The van der Waals surface area contributed by atoms with E-state index in [0.29, 0.717) is 51.7 Å². The largest absolute Gasteiger partial charge is 0.454 e. The molecule has 0 aliphatic heterocycles. The second-order valence-electron chi connectivity index (χ2n) is 13.0. The number of ether oxygens (including phenoxy) is 4. The lowest BCUT2D eigenvalue weighted by Crippen LogP contribution is -2.10. The van der Waals surface area contributed by atoms with Crippen molar-refractivity contribution in [3.63, 3.8) is 0 Å². The van der Waals surface area contributed by atoms with E-state index in [1.165, 1.54) is 18.2 Å². The molecule has 5 rings (SSSR count). The number of aryl methyl sites for hydroxylation is 1. The molecule has 4 aromatic rings. The second kappa shape index (κ2) is 18.6. The number of allylic oxidation sites excluding steroid dienone is 4. The summed E-state index contributed by atoms with van der Waals surface area (Å²) in [5.74, 6) is -0.0811. The normalized spacial score (nSPS) is 12.3. The van der Waals surface area contributed by atoms with Crippen molar-refractivity contribution in [2.24, 2.45) is 0 Å². The molecule has 0 radical (unpaired) electrons. The Morgan fingerprint density at radius 3 is 2.09 bits per heavy atom. The van der Waals surface area contributed by atoms with E-state index in [0.717, 1.165) is 55.7 Å². The summed E-state index contributed by atoms with van der Waals surface area (Å²) in [5, 5.41) is 0. The summed E-state index contributed by atoms with van der Waals surface area (Å²) in [6.07, 6.45) is 10.8. The van der Waals surface area contributed by atoms with Crippen LogP contribution < -0.4 is 18.9 Å². The van der Waals surface area contributed by atoms with E-state index in [1.807, 2.05) is 6.08 Å². The lowest BCUT2D eigenvalue weighted by molar-refractivity contribution is -0.134. The van der Waals surface area contributed by atoms with Gasteiger partial charge >= 0.3 is 11.9 Å². The molecule has 0 atom stereocenters. The molecule has 1 aliphatic rings. The van der Waals surface area contributed by atoms with Crippen LogP contribution in [-0.2, 0) is 16.0 Å². The molecule has 278 valence electrons. The predicted octanol–water partition coefficient (Wildman–Crippen LogP) is 12.0. The molecular formula is C46H44F2O6. The zero-order valence-electron chi connectivity index (χ0n) is 30.7. The maximum atomic E-state index is 15.4. The molecule has 1 fully saturated rings. The first-order valence-electron chi connectivity index (χ1n) is 18.0. The molecule has 0 bridgehead atoms. The Bertz CT molecular complexity index is 2100. The van der Waals surface area contributed by atoms with Gasteiger partial charge in [-0.2, -0.15) is 0 Å². The minimum absolute atomic E-state index is 0.0447. The quantitative estimate of drug-likeness (QED) is 0.0269. The number of halogens is 2. The Morgan fingerprint density at radius 2 is 1.46 bits per heavy atom. The van der Waals surface area contributed by atoms with Crippen LogP contribution >= 0.6 is 0 Å². The van der Waals surface area contributed by atoms with Gasteiger partial charge in [-0.15, -0.1) is 0 Å². The Hall–Kier alpha value is -6.02. The van der Waals surface area contributed by atoms with Crippen molar-refractivity contribution in [1.29, 1.82) is 0 Å². The van der Waals surface area contributed by atoms with Gasteiger partial charge in [0.1, 0.15) is 23.1 Å². The van der Waals surface area contributed by atoms with Crippen LogP contribution in [0.2, 0.25) is 0 Å². The lowest BCUT2D eigenvalue weighted by Gasteiger charge is -2.21. The summed E-state index contributed by atoms with van der Waals surface area (Å²) >= 11 is 0.